The molecule has 14 heavy (non-hydrogen) atoms. The van der Waals surface area contributed by atoms with Crippen LogP contribution in [-0.4, -0.2) is 13.1 Å². The van der Waals surface area contributed by atoms with E-state index in [0.717, 1.165) is 18.7 Å². The molecule has 2 rings (SSSR count). The van der Waals surface area contributed by atoms with Crippen molar-refractivity contribution in [3.05, 3.63) is 35.6 Å². The third kappa shape index (κ3) is 1.95. The average molecular weight is 193 g/mol. The monoisotopic (exact) mass is 193 g/mol. The second-order valence-electron chi connectivity index (χ2n) is 4.13. The summed E-state index contributed by atoms with van der Waals surface area (Å²) in [6, 6.07) is 6.99. The molecule has 1 aromatic rings. The van der Waals surface area contributed by atoms with Gasteiger partial charge in [-0.2, -0.15) is 0 Å². The van der Waals surface area contributed by atoms with Gasteiger partial charge in [-0.05, 0) is 42.5 Å². The van der Waals surface area contributed by atoms with E-state index in [1.54, 1.807) is 12.1 Å². The lowest BCUT2D eigenvalue weighted by molar-refractivity contribution is 0.347. The summed E-state index contributed by atoms with van der Waals surface area (Å²) in [6.07, 6.45) is 1.18. The molecule has 1 nitrogen and oxygen atoms in total. The first kappa shape index (κ1) is 9.66. The fraction of sp³-hybridized carbons (Fsp3) is 0.500. The highest BCUT2D eigenvalue weighted by Gasteiger charge is 2.22. The van der Waals surface area contributed by atoms with Crippen LogP contribution >= 0.6 is 0 Å². The Bertz CT molecular complexity index is 311. The molecule has 0 aliphatic carbocycles. The zero-order valence-electron chi connectivity index (χ0n) is 8.46. The second kappa shape index (κ2) is 4.09. The Morgan fingerprint density at radius 1 is 1.43 bits per heavy atom. The van der Waals surface area contributed by atoms with Crippen molar-refractivity contribution in [2.45, 2.75) is 19.3 Å². The van der Waals surface area contributed by atoms with Crippen molar-refractivity contribution in [3.8, 4) is 0 Å². The molecular weight excluding hydrogens is 177 g/mol. The fourth-order valence-corrected chi connectivity index (χ4v) is 2.17. The number of hydrogen-bond acceptors (Lipinski definition) is 1. The van der Waals surface area contributed by atoms with Crippen LogP contribution in [0.15, 0.2) is 24.3 Å². The van der Waals surface area contributed by atoms with Crippen LogP contribution in [0.3, 0.4) is 0 Å². The molecule has 0 saturated carbocycles. The van der Waals surface area contributed by atoms with E-state index in [1.165, 1.54) is 12.5 Å². The van der Waals surface area contributed by atoms with Crippen LogP contribution in [0.5, 0.6) is 0 Å². The number of rotatable bonds is 1. The molecule has 2 unspecified atom stereocenters. The highest BCUT2D eigenvalue weighted by Crippen LogP contribution is 2.28. The summed E-state index contributed by atoms with van der Waals surface area (Å²) in [5.74, 6) is 0.998. The summed E-state index contributed by atoms with van der Waals surface area (Å²) in [5, 5.41) is 3.36. The molecule has 76 valence electrons. The number of halogens is 1. The Balaban J connectivity index is 2.20. The summed E-state index contributed by atoms with van der Waals surface area (Å²) in [4.78, 5) is 0. The number of piperidine rings is 1. The minimum atomic E-state index is -0.125. The predicted molar refractivity (Wildman–Crippen MR) is 55.8 cm³/mol. The van der Waals surface area contributed by atoms with Gasteiger partial charge in [-0.15, -0.1) is 0 Å². The summed E-state index contributed by atoms with van der Waals surface area (Å²) in [6.45, 7) is 4.31. The van der Waals surface area contributed by atoms with Crippen LogP contribution in [0.25, 0.3) is 0 Å². The van der Waals surface area contributed by atoms with Gasteiger partial charge in [-0.3, -0.25) is 0 Å². The Morgan fingerprint density at radius 2 is 2.29 bits per heavy atom. The minimum absolute atomic E-state index is 0.125. The molecule has 2 heteroatoms. The van der Waals surface area contributed by atoms with Gasteiger partial charge in [0, 0.05) is 6.54 Å². The third-order valence-corrected chi connectivity index (χ3v) is 3.10. The van der Waals surface area contributed by atoms with E-state index >= 15 is 0 Å². The molecule has 1 aliphatic rings. The van der Waals surface area contributed by atoms with E-state index in [1.807, 2.05) is 6.07 Å². The molecule has 1 N–H and O–H groups in total. The average Bonchev–Trinajstić information content (AvgIpc) is 2.18. The molecule has 1 aromatic carbocycles. The van der Waals surface area contributed by atoms with Gasteiger partial charge in [-0.25, -0.2) is 4.39 Å². The van der Waals surface area contributed by atoms with Crippen LogP contribution in [0.4, 0.5) is 4.39 Å². The van der Waals surface area contributed by atoms with Crippen molar-refractivity contribution in [3.63, 3.8) is 0 Å². The normalized spacial score (nSPS) is 27.6. The standard InChI is InChI=1S/C12H16FN/c1-9-5-6-14-8-12(9)10-3-2-4-11(13)7-10/h2-4,7,9,12,14H,5-6,8H2,1H3. The smallest absolute Gasteiger partial charge is 0.123 e. The Hall–Kier alpha value is -0.890. The molecule has 0 bridgehead atoms. The van der Waals surface area contributed by atoms with Crippen molar-refractivity contribution in [1.29, 1.82) is 0 Å². The molecule has 0 aromatic heterocycles. The molecule has 2 atom stereocenters. The van der Waals surface area contributed by atoms with Gasteiger partial charge in [0.15, 0.2) is 0 Å². The van der Waals surface area contributed by atoms with Gasteiger partial charge in [0.1, 0.15) is 5.82 Å². The maximum absolute atomic E-state index is 13.0. The minimum Gasteiger partial charge on any atom is -0.316 e. The zero-order valence-corrected chi connectivity index (χ0v) is 8.46. The van der Waals surface area contributed by atoms with Gasteiger partial charge in [0.2, 0.25) is 0 Å². The first-order valence-electron chi connectivity index (χ1n) is 5.23. The first-order valence-corrected chi connectivity index (χ1v) is 5.23. The molecule has 0 spiro atoms. The summed E-state index contributed by atoms with van der Waals surface area (Å²) < 4.78 is 13.0. The predicted octanol–water partition coefficient (Wildman–Crippen LogP) is 2.54. The Kier molecular flexibility index (Phi) is 2.82. The van der Waals surface area contributed by atoms with Crippen molar-refractivity contribution in [1.82, 2.24) is 5.32 Å². The van der Waals surface area contributed by atoms with E-state index < -0.39 is 0 Å². The van der Waals surface area contributed by atoms with Crippen LogP contribution < -0.4 is 5.32 Å². The SMILES string of the molecule is CC1CCNCC1c1cccc(F)c1. The highest BCUT2D eigenvalue weighted by atomic mass is 19.1. The van der Waals surface area contributed by atoms with E-state index in [2.05, 4.69) is 12.2 Å². The Labute approximate surface area is 84.3 Å². The van der Waals surface area contributed by atoms with E-state index in [9.17, 15) is 4.39 Å². The van der Waals surface area contributed by atoms with Crippen LogP contribution in [0, 0.1) is 11.7 Å². The maximum Gasteiger partial charge on any atom is 0.123 e. The van der Waals surface area contributed by atoms with Crippen molar-refractivity contribution < 1.29 is 4.39 Å². The summed E-state index contributed by atoms with van der Waals surface area (Å²) >= 11 is 0. The summed E-state index contributed by atoms with van der Waals surface area (Å²) in [7, 11) is 0. The Morgan fingerprint density at radius 3 is 3.00 bits per heavy atom. The van der Waals surface area contributed by atoms with Crippen molar-refractivity contribution in [2.75, 3.05) is 13.1 Å². The quantitative estimate of drug-likeness (QED) is 0.722. The maximum atomic E-state index is 13.0. The van der Waals surface area contributed by atoms with Crippen molar-refractivity contribution in [2.24, 2.45) is 5.92 Å². The molecule has 0 amide bonds. The fourth-order valence-electron chi connectivity index (χ4n) is 2.17. The highest BCUT2D eigenvalue weighted by molar-refractivity contribution is 5.22. The third-order valence-electron chi connectivity index (χ3n) is 3.10. The number of nitrogens with one attached hydrogen (secondary N) is 1. The topological polar surface area (TPSA) is 12.0 Å². The zero-order chi connectivity index (χ0) is 9.97. The molecule has 1 aliphatic heterocycles. The lowest BCUT2D eigenvalue weighted by Crippen LogP contribution is -2.33. The van der Waals surface area contributed by atoms with Crippen LogP contribution in [0.1, 0.15) is 24.8 Å². The van der Waals surface area contributed by atoms with Gasteiger partial charge in [0.25, 0.3) is 0 Å². The second-order valence-corrected chi connectivity index (χ2v) is 4.13. The lowest BCUT2D eigenvalue weighted by atomic mass is 9.83. The molecule has 1 heterocycles. The van der Waals surface area contributed by atoms with Gasteiger partial charge in [-0.1, -0.05) is 19.1 Å². The largest absolute Gasteiger partial charge is 0.316 e. The molecular formula is C12H16FN. The molecule has 1 saturated heterocycles. The summed E-state index contributed by atoms with van der Waals surface area (Å²) in [5.41, 5.74) is 1.13. The van der Waals surface area contributed by atoms with Crippen molar-refractivity contribution >= 4 is 0 Å². The van der Waals surface area contributed by atoms with Gasteiger partial charge >= 0.3 is 0 Å². The number of benzene rings is 1. The van der Waals surface area contributed by atoms with Crippen LogP contribution in [0.2, 0.25) is 0 Å². The van der Waals surface area contributed by atoms with E-state index in [4.69, 9.17) is 0 Å². The van der Waals surface area contributed by atoms with Gasteiger partial charge in [0.05, 0.1) is 0 Å². The van der Waals surface area contributed by atoms with E-state index in [-0.39, 0.29) is 5.82 Å². The molecule has 1 fully saturated rings. The first-order chi connectivity index (χ1) is 6.77. The lowest BCUT2D eigenvalue weighted by Gasteiger charge is -2.29. The van der Waals surface area contributed by atoms with E-state index in [0.29, 0.717) is 11.8 Å². The molecule has 0 radical (unpaired) electrons. The number of hydrogen-bond donors (Lipinski definition) is 1. The van der Waals surface area contributed by atoms with Gasteiger partial charge < -0.3 is 5.32 Å². The van der Waals surface area contributed by atoms with Crippen LogP contribution in [-0.2, 0) is 0 Å².